The van der Waals surface area contributed by atoms with E-state index >= 15 is 0 Å². The summed E-state index contributed by atoms with van der Waals surface area (Å²) in [7, 11) is 0. The van der Waals surface area contributed by atoms with E-state index in [0.717, 1.165) is 11.1 Å². The lowest BCUT2D eigenvalue weighted by Gasteiger charge is -2.10. The van der Waals surface area contributed by atoms with E-state index in [1.165, 1.54) is 0 Å². The van der Waals surface area contributed by atoms with Gasteiger partial charge in [0.05, 0.1) is 19.1 Å². The topological polar surface area (TPSA) is 46.5 Å². The highest BCUT2D eigenvalue weighted by molar-refractivity contribution is 5.70. The van der Waals surface area contributed by atoms with Gasteiger partial charge in [0.15, 0.2) is 0 Å². The summed E-state index contributed by atoms with van der Waals surface area (Å²) >= 11 is 0. The molecule has 0 aliphatic carbocycles. The Morgan fingerprint density at radius 2 is 2.27 bits per heavy atom. The number of hydrogen-bond acceptors (Lipinski definition) is 3. The Balaban J connectivity index is 2.60. The van der Waals surface area contributed by atoms with E-state index in [2.05, 4.69) is 0 Å². The number of aliphatic hydroxyl groups is 1. The molecule has 0 fully saturated rings. The molecule has 0 heterocycles. The molecule has 0 unspecified atom stereocenters. The van der Waals surface area contributed by atoms with Crippen molar-refractivity contribution < 1.29 is 14.6 Å². The number of benzene rings is 1. The van der Waals surface area contributed by atoms with Crippen LogP contribution in [-0.2, 0) is 9.53 Å². The Kier molecular flexibility index (Phi) is 4.31. The molecule has 0 aromatic heterocycles. The fourth-order valence-electron chi connectivity index (χ4n) is 1.37. The zero-order chi connectivity index (χ0) is 11.3. The third-order valence-electron chi connectivity index (χ3n) is 2.09. The summed E-state index contributed by atoms with van der Waals surface area (Å²) < 4.78 is 4.77. The molecule has 1 atom stereocenters. The first-order valence-electron chi connectivity index (χ1n) is 5.03. The summed E-state index contributed by atoms with van der Waals surface area (Å²) in [5, 5.41) is 9.74. The van der Waals surface area contributed by atoms with Crippen LogP contribution in [0.15, 0.2) is 24.3 Å². The van der Waals surface area contributed by atoms with Crippen molar-refractivity contribution in [1.82, 2.24) is 0 Å². The summed E-state index contributed by atoms with van der Waals surface area (Å²) in [6.07, 6.45) is -0.763. The second-order valence-corrected chi connectivity index (χ2v) is 3.44. The van der Waals surface area contributed by atoms with Gasteiger partial charge in [0.1, 0.15) is 0 Å². The summed E-state index contributed by atoms with van der Waals surface area (Å²) in [5.74, 6) is -0.369. The molecule has 1 aromatic carbocycles. The quantitative estimate of drug-likeness (QED) is 0.769. The standard InChI is InChI=1S/C12H16O3/c1-3-15-12(14)8-11(13)10-6-4-5-9(2)7-10/h4-7,11,13H,3,8H2,1-2H3/t11-/m1/s1. The third-order valence-corrected chi connectivity index (χ3v) is 2.09. The molecule has 0 aliphatic heterocycles. The van der Waals surface area contributed by atoms with Gasteiger partial charge in [-0.1, -0.05) is 29.8 Å². The lowest BCUT2D eigenvalue weighted by Crippen LogP contribution is -2.10. The fraction of sp³-hybridized carbons (Fsp3) is 0.417. The van der Waals surface area contributed by atoms with Crippen LogP contribution in [0, 0.1) is 6.92 Å². The molecule has 0 amide bonds. The smallest absolute Gasteiger partial charge is 0.308 e. The first-order valence-corrected chi connectivity index (χ1v) is 5.03. The second kappa shape index (κ2) is 5.51. The van der Waals surface area contributed by atoms with E-state index in [9.17, 15) is 9.90 Å². The Bertz CT molecular complexity index is 333. The molecular weight excluding hydrogens is 192 g/mol. The van der Waals surface area contributed by atoms with Crippen LogP contribution in [0.2, 0.25) is 0 Å². The highest BCUT2D eigenvalue weighted by Crippen LogP contribution is 2.17. The summed E-state index contributed by atoms with van der Waals surface area (Å²) in [6.45, 7) is 4.04. The first kappa shape index (κ1) is 11.7. The van der Waals surface area contributed by atoms with Crippen molar-refractivity contribution in [3.8, 4) is 0 Å². The minimum absolute atomic E-state index is 0.0112. The molecule has 0 bridgehead atoms. The van der Waals surface area contributed by atoms with Gasteiger partial charge in [-0.2, -0.15) is 0 Å². The van der Waals surface area contributed by atoms with Gasteiger partial charge in [-0.25, -0.2) is 0 Å². The maximum atomic E-state index is 11.1. The molecule has 1 aromatic rings. The van der Waals surface area contributed by atoms with Crippen molar-refractivity contribution in [2.75, 3.05) is 6.61 Å². The van der Waals surface area contributed by atoms with Crippen LogP contribution in [0.3, 0.4) is 0 Å². The van der Waals surface area contributed by atoms with E-state index in [4.69, 9.17) is 4.74 Å². The lowest BCUT2D eigenvalue weighted by molar-refractivity contribution is -0.145. The molecule has 0 aliphatic rings. The SMILES string of the molecule is CCOC(=O)C[C@@H](O)c1cccc(C)c1. The summed E-state index contributed by atoms with van der Waals surface area (Å²) in [6, 6.07) is 7.47. The minimum atomic E-state index is -0.774. The Labute approximate surface area is 89.7 Å². The van der Waals surface area contributed by atoms with Crippen molar-refractivity contribution in [2.45, 2.75) is 26.4 Å². The lowest BCUT2D eigenvalue weighted by atomic mass is 10.0. The van der Waals surface area contributed by atoms with Crippen LogP contribution in [0.4, 0.5) is 0 Å². The van der Waals surface area contributed by atoms with Gasteiger partial charge in [0, 0.05) is 0 Å². The molecule has 1 N–H and O–H groups in total. The van der Waals surface area contributed by atoms with Crippen LogP contribution < -0.4 is 0 Å². The molecule has 1 rings (SSSR count). The van der Waals surface area contributed by atoms with Gasteiger partial charge in [-0.15, -0.1) is 0 Å². The number of carbonyl (C=O) groups is 1. The normalized spacial score (nSPS) is 12.2. The van der Waals surface area contributed by atoms with Crippen molar-refractivity contribution in [3.63, 3.8) is 0 Å². The maximum Gasteiger partial charge on any atom is 0.308 e. The molecule has 0 spiro atoms. The van der Waals surface area contributed by atoms with E-state index < -0.39 is 6.10 Å². The van der Waals surface area contributed by atoms with Gasteiger partial charge in [0.25, 0.3) is 0 Å². The van der Waals surface area contributed by atoms with Gasteiger partial charge in [-0.3, -0.25) is 4.79 Å². The molecule has 3 heteroatoms. The molecule has 0 saturated carbocycles. The van der Waals surface area contributed by atoms with Crippen molar-refractivity contribution in [3.05, 3.63) is 35.4 Å². The number of aryl methyl sites for hydroxylation is 1. The number of hydrogen-bond donors (Lipinski definition) is 1. The van der Waals surface area contributed by atoms with Crippen LogP contribution in [0.5, 0.6) is 0 Å². The number of carbonyl (C=O) groups excluding carboxylic acids is 1. The number of rotatable bonds is 4. The predicted molar refractivity (Wildman–Crippen MR) is 57.4 cm³/mol. The first-order chi connectivity index (χ1) is 7.13. The van der Waals surface area contributed by atoms with Gasteiger partial charge in [-0.05, 0) is 19.4 Å². The molecular formula is C12H16O3. The third kappa shape index (κ3) is 3.72. The Morgan fingerprint density at radius 1 is 1.53 bits per heavy atom. The Hall–Kier alpha value is -1.35. The maximum absolute atomic E-state index is 11.1. The van der Waals surface area contributed by atoms with E-state index in [1.807, 2.05) is 25.1 Å². The van der Waals surface area contributed by atoms with Crippen LogP contribution >= 0.6 is 0 Å². The number of ether oxygens (including phenoxy) is 1. The number of aliphatic hydroxyl groups excluding tert-OH is 1. The zero-order valence-corrected chi connectivity index (χ0v) is 9.06. The monoisotopic (exact) mass is 208 g/mol. The van der Waals surface area contributed by atoms with Crippen LogP contribution in [-0.4, -0.2) is 17.7 Å². The van der Waals surface area contributed by atoms with Gasteiger partial charge < -0.3 is 9.84 Å². The fourth-order valence-corrected chi connectivity index (χ4v) is 1.37. The van der Waals surface area contributed by atoms with E-state index in [0.29, 0.717) is 6.61 Å². The molecule has 0 radical (unpaired) electrons. The highest BCUT2D eigenvalue weighted by Gasteiger charge is 2.13. The van der Waals surface area contributed by atoms with Gasteiger partial charge >= 0.3 is 5.97 Å². The van der Waals surface area contributed by atoms with Crippen LogP contribution in [0.25, 0.3) is 0 Å². The predicted octanol–water partition coefficient (Wildman–Crippen LogP) is 1.98. The molecule has 82 valence electrons. The average molecular weight is 208 g/mol. The minimum Gasteiger partial charge on any atom is -0.466 e. The zero-order valence-electron chi connectivity index (χ0n) is 9.06. The van der Waals surface area contributed by atoms with E-state index in [1.54, 1.807) is 13.0 Å². The largest absolute Gasteiger partial charge is 0.466 e. The van der Waals surface area contributed by atoms with Crippen LogP contribution in [0.1, 0.15) is 30.6 Å². The molecule has 0 saturated heterocycles. The average Bonchev–Trinajstić information content (AvgIpc) is 2.18. The highest BCUT2D eigenvalue weighted by atomic mass is 16.5. The van der Waals surface area contributed by atoms with E-state index in [-0.39, 0.29) is 12.4 Å². The summed E-state index contributed by atoms with van der Waals surface area (Å²) in [5.41, 5.74) is 1.82. The number of esters is 1. The van der Waals surface area contributed by atoms with Crippen molar-refractivity contribution in [1.29, 1.82) is 0 Å². The summed E-state index contributed by atoms with van der Waals surface area (Å²) in [4.78, 5) is 11.1. The van der Waals surface area contributed by atoms with Crippen molar-refractivity contribution in [2.24, 2.45) is 0 Å². The van der Waals surface area contributed by atoms with Crippen molar-refractivity contribution >= 4 is 5.97 Å². The molecule has 3 nitrogen and oxygen atoms in total. The Morgan fingerprint density at radius 3 is 2.87 bits per heavy atom. The second-order valence-electron chi connectivity index (χ2n) is 3.44. The van der Waals surface area contributed by atoms with Gasteiger partial charge in [0.2, 0.25) is 0 Å². The molecule has 15 heavy (non-hydrogen) atoms.